The van der Waals surface area contributed by atoms with Crippen LogP contribution in [0.5, 0.6) is 5.75 Å². The highest BCUT2D eigenvalue weighted by Crippen LogP contribution is 2.33. The van der Waals surface area contributed by atoms with Crippen molar-refractivity contribution in [1.82, 2.24) is 4.98 Å². The van der Waals surface area contributed by atoms with Crippen molar-refractivity contribution in [2.24, 2.45) is 11.5 Å². The zero-order valence-electron chi connectivity index (χ0n) is 9.88. The van der Waals surface area contributed by atoms with E-state index in [0.29, 0.717) is 0 Å². The molecule has 1 aromatic heterocycles. The standard InChI is InChI=1S/C11H16N4OS/c1-15(2)11-14-10-7(16-6-9(12)13)4-3-5-8(10)17-11/h3-5,9H,6,12-13H2,1-2H3. The van der Waals surface area contributed by atoms with E-state index in [1.54, 1.807) is 11.3 Å². The minimum Gasteiger partial charge on any atom is -0.488 e. The zero-order valence-corrected chi connectivity index (χ0v) is 10.7. The van der Waals surface area contributed by atoms with Gasteiger partial charge in [0, 0.05) is 14.1 Å². The van der Waals surface area contributed by atoms with E-state index in [-0.39, 0.29) is 6.61 Å². The van der Waals surface area contributed by atoms with Crippen molar-refractivity contribution < 1.29 is 4.74 Å². The quantitative estimate of drug-likeness (QED) is 0.793. The average molecular weight is 252 g/mol. The fraction of sp³-hybridized carbons (Fsp3) is 0.364. The Labute approximate surface area is 104 Å². The second kappa shape index (κ2) is 4.87. The number of hydrogen-bond donors (Lipinski definition) is 2. The maximum Gasteiger partial charge on any atom is 0.186 e. The van der Waals surface area contributed by atoms with Crippen LogP contribution in [0.1, 0.15) is 0 Å². The smallest absolute Gasteiger partial charge is 0.186 e. The maximum atomic E-state index is 5.55. The second-order valence-corrected chi connectivity index (χ2v) is 4.98. The van der Waals surface area contributed by atoms with Gasteiger partial charge in [-0.05, 0) is 12.1 Å². The third-order valence-electron chi connectivity index (χ3n) is 2.18. The van der Waals surface area contributed by atoms with Crippen LogP contribution in [0.3, 0.4) is 0 Å². The highest BCUT2D eigenvalue weighted by molar-refractivity contribution is 7.22. The zero-order chi connectivity index (χ0) is 12.4. The number of anilines is 1. The number of ether oxygens (including phenoxy) is 1. The van der Waals surface area contributed by atoms with E-state index in [2.05, 4.69) is 4.98 Å². The molecular weight excluding hydrogens is 236 g/mol. The fourth-order valence-electron chi connectivity index (χ4n) is 1.41. The first-order chi connectivity index (χ1) is 8.08. The molecule has 1 aromatic carbocycles. The Morgan fingerprint density at radius 1 is 1.41 bits per heavy atom. The van der Waals surface area contributed by atoms with Crippen molar-refractivity contribution >= 4 is 26.7 Å². The Hall–Kier alpha value is -1.37. The van der Waals surface area contributed by atoms with Gasteiger partial charge in [-0.2, -0.15) is 0 Å². The average Bonchev–Trinajstić information content (AvgIpc) is 2.70. The lowest BCUT2D eigenvalue weighted by atomic mass is 10.3. The van der Waals surface area contributed by atoms with Crippen LogP contribution in [0, 0.1) is 0 Å². The van der Waals surface area contributed by atoms with Gasteiger partial charge >= 0.3 is 0 Å². The molecular formula is C11H16N4OS. The van der Waals surface area contributed by atoms with Crippen molar-refractivity contribution in [3.63, 3.8) is 0 Å². The molecule has 0 aliphatic rings. The van der Waals surface area contributed by atoms with Crippen molar-refractivity contribution in [2.75, 3.05) is 25.6 Å². The van der Waals surface area contributed by atoms with Crippen molar-refractivity contribution in [3.05, 3.63) is 18.2 Å². The van der Waals surface area contributed by atoms with E-state index >= 15 is 0 Å². The molecule has 0 spiro atoms. The molecule has 1 heterocycles. The lowest BCUT2D eigenvalue weighted by Gasteiger charge is -2.08. The Bertz CT molecular complexity index is 509. The van der Waals surface area contributed by atoms with Crippen LogP contribution in [0.4, 0.5) is 5.13 Å². The van der Waals surface area contributed by atoms with E-state index in [1.807, 2.05) is 37.2 Å². The molecule has 17 heavy (non-hydrogen) atoms. The number of para-hydroxylation sites is 1. The van der Waals surface area contributed by atoms with Gasteiger partial charge in [-0.15, -0.1) is 0 Å². The Morgan fingerprint density at radius 3 is 2.82 bits per heavy atom. The number of aromatic nitrogens is 1. The molecule has 2 rings (SSSR count). The minimum atomic E-state index is -0.475. The molecule has 0 aliphatic carbocycles. The summed E-state index contributed by atoms with van der Waals surface area (Å²) in [4.78, 5) is 6.50. The Kier molecular flexibility index (Phi) is 3.46. The third kappa shape index (κ3) is 2.66. The molecule has 0 radical (unpaired) electrons. The molecule has 0 amide bonds. The van der Waals surface area contributed by atoms with E-state index in [9.17, 15) is 0 Å². The molecule has 0 fully saturated rings. The molecule has 0 atom stereocenters. The predicted octanol–water partition coefficient (Wildman–Crippen LogP) is 0.985. The molecule has 92 valence electrons. The molecule has 5 nitrogen and oxygen atoms in total. The van der Waals surface area contributed by atoms with Crippen LogP contribution >= 0.6 is 11.3 Å². The van der Waals surface area contributed by atoms with E-state index < -0.39 is 6.17 Å². The summed E-state index contributed by atoms with van der Waals surface area (Å²) in [5.41, 5.74) is 11.8. The summed E-state index contributed by atoms with van der Waals surface area (Å²) in [6.07, 6.45) is -0.475. The second-order valence-electron chi connectivity index (χ2n) is 3.97. The number of fused-ring (bicyclic) bond motifs is 1. The van der Waals surface area contributed by atoms with E-state index in [0.717, 1.165) is 21.1 Å². The van der Waals surface area contributed by atoms with Crippen LogP contribution in [0.25, 0.3) is 10.2 Å². The van der Waals surface area contributed by atoms with Crippen molar-refractivity contribution in [2.45, 2.75) is 6.17 Å². The normalized spacial score (nSPS) is 11.1. The number of rotatable bonds is 4. The largest absolute Gasteiger partial charge is 0.488 e. The summed E-state index contributed by atoms with van der Waals surface area (Å²) >= 11 is 1.63. The van der Waals surface area contributed by atoms with Crippen LogP contribution < -0.4 is 21.1 Å². The molecule has 2 aromatic rings. The highest BCUT2D eigenvalue weighted by Gasteiger charge is 2.10. The highest BCUT2D eigenvalue weighted by atomic mass is 32.1. The fourth-order valence-corrected chi connectivity index (χ4v) is 2.31. The van der Waals surface area contributed by atoms with E-state index in [4.69, 9.17) is 16.2 Å². The molecule has 0 bridgehead atoms. The van der Waals surface area contributed by atoms with Crippen LogP contribution in [0.15, 0.2) is 18.2 Å². The van der Waals surface area contributed by atoms with Gasteiger partial charge in [0.05, 0.1) is 10.9 Å². The third-order valence-corrected chi connectivity index (χ3v) is 3.37. The Balaban J connectivity index is 2.35. The van der Waals surface area contributed by atoms with Crippen molar-refractivity contribution in [1.29, 1.82) is 0 Å². The number of thiazole rings is 1. The summed E-state index contributed by atoms with van der Waals surface area (Å²) in [5, 5.41) is 0.952. The molecule has 0 saturated carbocycles. The molecule has 0 aliphatic heterocycles. The first-order valence-corrected chi connectivity index (χ1v) is 6.10. The Morgan fingerprint density at radius 2 is 2.18 bits per heavy atom. The lowest BCUT2D eigenvalue weighted by molar-refractivity contribution is 0.294. The number of nitrogens with zero attached hydrogens (tertiary/aromatic N) is 2. The predicted molar refractivity (Wildman–Crippen MR) is 71.6 cm³/mol. The van der Waals surface area contributed by atoms with Crippen LogP contribution in [-0.4, -0.2) is 31.9 Å². The summed E-state index contributed by atoms with van der Waals surface area (Å²) < 4.78 is 6.64. The first kappa shape index (κ1) is 12.1. The number of hydrogen-bond acceptors (Lipinski definition) is 6. The lowest BCUT2D eigenvalue weighted by Crippen LogP contribution is -2.36. The van der Waals surface area contributed by atoms with Gasteiger partial charge in [0.1, 0.15) is 17.9 Å². The van der Waals surface area contributed by atoms with Crippen LogP contribution in [-0.2, 0) is 0 Å². The van der Waals surface area contributed by atoms with Gasteiger partial charge < -0.3 is 21.1 Å². The van der Waals surface area contributed by atoms with Gasteiger partial charge in [-0.3, -0.25) is 0 Å². The SMILES string of the molecule is CN(C)c1nc2c(OCC(N)N)cccc2s1. The topological polar surface area (TPSA) is 77.4 Å². The summed E-state index contributed by atoms with van der Waals surface area (Å²) in [6, 6.07) is 5.84. The van der Waals surface area contributed by atoms with Gasteiger partial charge in [0.25, 0.3) is 0 Å². The number of nitrogens with two attached hydrogens (primary N) is 2. The maximum absolute atomic E-state index is 5.55. The van der Waals surface area contributed by atoms with E-state index in [1.165, 1.54) is 0 Å². The monoisotopic (exact) mass is 252 g/mol. The van der Waals surface area contributed by atoms with Gasteiger partial charge in [-0.25, -0.2) is 4.98 Å². The van der Waals surface area contributed by atoms with Gasteiger partial charge in [-0.1, -0.05) is 17.4 Å². The number of benzene rings is 1. The summed E-state index contributed by atoms with van der Waals surface area (Å²) in [7, 11) is 3.93. The summed E-state index contributed by atoms with van der Waals surface area (Å²) in [5.74, 6) is 0.729. The first-order valence-electron chi connectivity index (χ1n) is 5.29. The van der Waals surface area contributed by atoms with Crippen LogP contribution in [0.2, 0.25) is 0 Å². The molecule has 0 unspecified atom stereocenters. The summed E-state index contributed by atoms with van der Waals surface area (Å²) in [6.45, 7) is 0.286. The minimum absolute atomic E-state index is 0.286. The van der Waals surface area contributed by atoms with Crippen molar-refractivity contribution in [3.8, 4) is 5.75 Å². The van der Waals surface area contributed by atoms with Gasteiger partial charge in [0.15, 0.2) is 5.13 Å². The molecule has 6 heteroatoms. The van der Waals surface area contributed by atoms with Gasteiger partial charge in [0.2, 0.25) is 0 Å². The molecule has 0 saturated heterocycles. The molecule has 4 N–H and O–H groups in total.